The number of rotatable bonds is 3. The van der Waals surface area contributed by atoms with Gasteiger partial charge in [0, 0.05) is 34.7 Å². The number of pyridine rings is 1. The van der Waals surface area contributed by atoms with E-state index in [2.05, 4.69) is 59.8 Å². The number of aromatic amines is 2. The number of hydrogen-bond donors (Lipinski definition) is 2. The van der Waals surface area contributed by atoms with Gasteiger partial charge in [0.25, 0.3) is 0 Å². The number of imidazole rings is 1. The zero-order valence-electron chi connectivity index (χ0n) is 12.4. The molecule has 0 saturated heterocycles. The highest BCUT2D eigenvalue weighted by Gasteiger charge is 2.10. The molecule has 0 saturated carbocycles. The molecule has 104 valence electrons. The Kier molecular flexibility index (Phi) is 3.08. The predicted octanol–water partition coefficient (Wildman–Crippen LogP) is 4.20. The van der Waals surface area contributed by atoms with Crippen LogP contribution in [-0.4, -0.2) is 19.9 Å². The van der Waals surface area contributed by atoms with Crippen molar-refractivity contribution < 1.29 is 0 Å². The molecule has 0 atom stereocenters. The topological polar surface area (TPSA) is 57.4 Å². The normalized spacial score (nSPS) is 11.9. The molecule has 3 aromatic heterocycles. The monoisotopic (exact) mass is 268 g/mol. The van der Waals surface area contributed by atoms with Gasteiger partial charge in [-0.15, -0.1) is 0 Å². The van der Waals surface area contributed by atoms with E-state index in [4.69, 9.17) is 0 Å². The fraction of sp³-hybridized carbons (Fsp3) is 0.375. The second-order valence-corrected chi connectivity index (χ2v) is 5.88. The standard InChI is InChI=1S/C16H20N4/c1-9(2)13-6-11-5-12(7-17-15(11)19-13)16-18-8-14(20-16)10(3)4/h5-10H,1-4H3,(H,17,19)(H,18,20). The lowest BCUT2D eigenvalue weighted by Gasteiger charge is -1.99. The zero-order valence-corrected chi connectivity index (χ0v) is 12.4. The molecule has 0 aliphatic carbocycles. The molecular weight excluding hydrogens is 248 g/mol. The Hall–Kier alpha value is -2.10. The summed E-state index contributed by atoms with van der Waals surface area (Å²) in [6, 6.07) is 4.30. The lowest BCUT2D eigenvalue weighted by molar-refractivity contribution is 0.833. The van der Waals surface area contributed by atoms with Crippen LogP contribution in [0.4, 0.5) is 0 Å². The van der Waals surface area contributed by atoms with Crippen LogP contribution >= 0.6 is 0 Å². The van der Waals surface area contributed by atoms with Gasteiger partial charge in [0.2, 0.25) is 0 Å². The third-order valence-corrected chi connectivity index (χ3v) is 3.60. The van der Waals surface area contributed by atoms with Crippen molar-refractivity contribution in [1.82, 2.24) is 19.9 Å². The minimum Gasteiger partial charge on any atom is -0.343 e. The average Bonchev–Trinajstić information content (AvgIpc) is 3.04. The van der Waals surface area contributed by atoms with Crippen molar-refractivity contribution in [1.29, 1.82) is 0 Å². The Morgan fingerprint density at radius 1 is 0.850 bits per heavy atom. The summed E-state index contributed by atoms with van der Waals surface area (Å²) < 4.78 is 0. The molecule has 0 unspecified atom stereocenters. The molecule has 0 amide bonds. The van der Waals surface area contributed by atoms with Gasteiger partial charge in [0.15, 0.2) is 0 Å². The van der Waals surface area contributed by atoms with E-state index in [-0.39, 0.29) is 0 Å². The number of aromatic nitrogens is 4. The van der Waals surface area contributed by atoms with Crippen LogP contribution in [0.15, 0.2) is 24.5 Å². The van der Waals surface area contributed by atoms with Gasteiger partial charge in [0.1, 0.15) is 11.5 Å². The largest absolute Gasteiger partial charge is 0.343 e. The second-order valence-electron chi connectivity index (χ2n) is 5.88. The van der Waals surface area contributed by atoms with Crippen LogP contribution in [0.5, 0.6) is 0 Å². The van der Waals surface area contributed by atoms with E-state index < -0.39 is 0 Å². The second kappa shape index (κ2) is 4.78. The maximum Gasteiger partial charge on any atom is 0.139 e. The molecule has 0 aliphatic heterocycles. The Labute approximate surface area is 118 Å². The van der Waals surface area contributed by atoms with Gasteiger partial charge in [-0.3, -0.25) is 0 Å². The molecule has 3 aromatic rings. The summed E-state index contributed by atoms with van der Waals surface area (Å²) in [6.07, 6.45) is 3.77. The van der Waals surface area contributed by atoms with Gasteiger partial charge in [-0.2, -0.15) is 0 Å². The molecular formula is C16H20N4. The number of H-pyrrole nitrogens is 2. The van der Waals surface area contributed by atoms with E-state index in [0.29, 0.717) is 11.8 Å². The summed E-state index contributed by atoms with van der Waals surface area (Å²) in [5, 5.41) is 1.13. The fourth-order valence-electron chi connectivity index (χ4n) is 2.25. The first-order chi connectivity index (χ1) is 9.54. The highest BCUT2D eigenvalue weighted by molar-refractivity contribution is 5.81. The molecule has 0 radical (unpaired) electrons. The van der Waals surface area contributed by atoms with Gasteiger partial charge in [0.05, 0.1) is 0 Å². The minimum absolute atomic E-state index is 0.452. The van der Waals surface area contributed by atoms with E-state index in [9.17, 15) is 0 Å². The maximum absolute atomic E-state index is 4.50. The summed E-state index contributed by atoms with van der Waals surface area (Å²) in [5.41, 5.74) is 4.33. The smallest absolute Gasteiger partial charge is 0.139 e. The molecule has 20 heavy (non-hydrogen) atoms. The Balaban J connectivity index is 2.03. The highest BCUT2D eigenvalue weighted by Crippen LogP contribution is 2.24. The van der Waals surface area contributed by atoms with Gasteiger partial charge < -0.3 is 9.97 Å². The Bertz CT molecular complexity index is 734. The van der Waals surface area contributed by atoms with Crippen LogP contribution in [-0.2, 0) is 0 Å². The number of nitrogens with one attached hydrogen (secondary N) is 2. The van der Waals surface area contributed by atoms with E-state index in [1.165, 1.54) is 5.69 Å². The molecule has 0 fully saturated rings. The van der Waals surface area contributed by atoms with Gasteiger partial charge >= 0.3 is 0 Å². The molecule has 2 N–H and O–H groups in total. The first-order valence-electron chi connectivity index (χ1n) is 7.08. The SMILES string of the molecule is CC(C)c1cnc(-c2cnc3[nH]c(C(C)C)cc3c2)[nH]1. The molecule has 0 aromatic carbocycles. The van der Waals surface area contributed by atoms with Crippen LogP contribution < -0.4 is 0 Å². The summed E-state index contributed by atoms with van der Waals surface area (Å²) in [6.45, 7) is 8.65. The zero-order chi connectivity index (χ0) is 14.3. The first kappa shape index (κ1) is 12.9. The lowest BCUT2D eigenvalue weighted by Crippen LogP contribution is -1.87. The van der Waals surface area contributed by atoms with E-state index >= 15 is 0 Å². The van der Waals surface area contributed by atoms with Gasteiger partial charge in [-0.25, -0.2) is 9.97 Å². The third-order valence-electron chi connectivity index (χ3n) is 3.60. The van der Waals surface area contributed by atoms with Gasteiger partial charge in [-0.05, 0) is 24.0 Å². The summed E-state index contributed by atoms with van der Waals surface area (Å²) >= 11 is 0. The Morgan fingerprint density at radius 3 is 2.25 bits per heavy atom. The van der Waals surface area contributed by atoms with Crippen LogP contribution in [0.1, 0.15) is 50.9 Å². The van der Waals surface area contributed by atoms with Crippen molar-refractivity contribution in [2.75, 3.05) is 0 Å². The van der Waals surface area contributed by atoms with Crippen LogP contribution in [0.2, 0.25) is 0 Å². The van der Waals surface area contributed by atoms with Crippen molar-refractivity contribution in [3.8, 4) is 11.4 Å². The molecule has 0 aliphatic rings. The predicted molar refractivity (Wildman–Crippen MR) is 81.9 cm³/mol. The van der Waals surface area contributed by atoms with Crippen molar-refractivity contribution >= 4 is 11.0 Å². The third kappa shape index (κ3) is 2.22. The number of hydrogen-bond acceptors (Lipinski definition) is 2. The van der Waals surface area contributed by atoms with E-state index in [1.807, 2.05) is 12.4 Å². The van der Waals surface area contributed by atoms with Crippen molar-refractivity contribution in [2.45, 2.75) is 39.5 Å². The van der Waals surface area contributed by atoms with Gasteiger partial charge in [-0.1, -0.05) is 27.7 Å². The molecule has 0 bridgehead atoms. The molecule has 3 heterocycles. The first-order valence-corrected chi connectivity index (χ1v) is 7.08. The summed E-state index contributed by atoms with van der Waals surface area (Å²) in [7, 11) is 0. The summed E-state index contributed by atoms with van der Waals surface area (Å²) in [5.74, 6) is 1.81. The van der Waals surface area contributed by atoms with Crippen molar-refractivity contribution in [3.63, 3.8) is 0 Å². The molecule has 3 rings (SSSR count). The molecule has 0 spiro atoms. The lowest BCUT2D eigenvalue weighted by atomic mass is 10.1. The van der Waals surface area contributed by atoms with Crippen LogP contribution in [0.3, 0.4) is 0 Å². The number of fused-ring (bicyclic) bond motifs is 1. The van der Waals surface area contributed by atoms with Crippen molar-refractivity contribution in [3.05, 3.63) is 35.9 Å². The summed E-state index contributed by atoms with van der Waals surface area (Å²) in [4.78, 5) is 15.7. The average molecular weight is 268 g/mol. The van der Waals surface area contributed by atoms with E-state index in [0.717, 1.165) is 28.1 Å². The van der Waals surface area contributed by atoms with Crippen LogP contribution in [0, 0.1) is 0 Å². The van der Waals surface area contributed by atoms with Crippen molar-refractivity contribution in [2.24, 2.45) is 0 Å². The fourth-order valence-corrected chi connectivity index (χ4v) is 2.25. The highest BCUT2D eigenvalue weighted by atomic mass is 14.9. The van der Waals surface area contributed by atoms with E-state index in [1.54, 1.807) is 0 Å². The quantitative estimate of drug-likeness (QED) is 0.748. The minimum atomic E-state index is 0.452. The molecule has 4 nitrogen and oxygen atoms in total. The van der Waals surface area contributed by atoms with Crippen LogP contribution in [0.25, 0.3) is 22.4 Å². The number of nitrogens with zero attached hydrogens (tertiary/aromatic N) is 2. The Morgan fingerprint density at radius 2 is 1.60 bits per heavy atom. The maximum atomic E-state index is 4.50. The molecule has 4 heteroatoms.